The molecule has 0 fully saturated rings. The Balaban J connectivity index is 3.19. The highest BCUT2D eigenvalue weighted by atomic mass is 16.2. The SMILES string of the molecule is CCCCC(=O)n1[nH]c(=O)n(C(C)(C)C)c1=O. The van der Waals surface area contributed by atoms with E-state index in [9.17, 15) is 14.4 Å². The number of unbranched alkanes of at least 4 members (excludes halogenated alkanes) is 1. The van der Waals surface area contributed by atoms with Crippen LogP contribution in [0.2, 0.25) is 0 Å². The minimum Gasteiger partial charge on any atom is -0.272 e. The summed E-state index contributed by atoms with van der Waals surface area (Å²) in [6.07, 6.45) is 1.83. The molecular weight excluding hydrogens is 222 g/mol. The molecule has 1 rings (SSSR count). The van der Waals surface area contributed by atoms with E-state index in [0.29, 0.717) is 6.42 Å². The Morgan fingerprint density at radius 2 is 1.88 bits per heavy atom. The van der Waals surface area contributed by atoms with Crippen LogP contribution in [0.15, 0.2) is 9.59 Å². The van der Waals surface area contributed by atoms with Crippen molar-refractivity contribution in [1.82, 2.24) is 14.3 Å². The number of aromatic nitrogens is 3. The molecular formula is C11H19N3O3. The van der Waals surface area contributed by atoms with Crippen LogP contribution in [-0.2, 0) is 5.54 Å². The van der Waals surface area contributed by atoms with Gasteiger partial charge in [0.25, 0.3) is 0 Å². The monoisotopic (exact) mass is 241 g/mol. The maximum absolute atomic E-state index is 11.9. The fourth-order valence-corrected chi connectivity index (χ4v) is 1.58. The second kappa shape index (κ2) is 4.73. The smallest absolute Gasteiger partial charge is 0.272 e. The predicted octanol–water partition coefficient (Wildman–Crippen LogP) is 0.923. The highest BCUT2D eigenvalue weighted by Gasteiger charge is 2.23. The molecule has 1 N–H and O–H groups in total. The molecule has 0 aliphatic carbocycles. The van der Waals surface area contributed by atoms with Crippen LogP contribution in [0.3, 0.4) is 0 Å². The summed E-state index contributed by atoms with van der Waals surface area (Å²) >= 11 is 0. The lowest BCUT2D eigenvalue weighted by Gasteiger charge is -2.16. The van der Waals surface area contributed by atoms with Crippen molar-refractivity contribution in [2.45, 2.75) is 52.5 Å². The van der Waals surface area contributed by atoms with Gasteiger partial charge in [0.2, 0.25) is 5.91 Å². The predicted molar refractivity (Wildman–Crippen MR) is 64.5 cm³/mol. The normalized spacial score (nSPS) is 11.8. The largest absolute Gasteiger partial charge is 0.354 e. The average Bonchev–Trinajstić information content (AvgIpc) is 2.49. The Morgan fingerprint density at radius 3 is 2.29 bits per heavy atom. The third kappa shape index (κ3) is 2.75. The average molecular weight is 241 g/mol. The van der Waals surface area contributed by atoms with Gasteiger partial charge in [-0.1, -0.05) is 13.3 Å². The highest BCUT2D eigenvalue weighted by molar-refractivity contribution is 5.77. The van der Waals surface area contributed by atoms with Crippen LogP contribution in [0.5, 0.6) is 0 Å². The van der Waals surface area contributed by atoms with Gasteiger partial charge in [-0.2, -0.15) is 4.68 Å². The lowest BCUT2D eigenvalue weighted by Crippen LogP contribution is -2.41. The van der Waals surface area contributed by atoms with Crippen molar-refractivity contribution in [3.8, 4) is 0 Å². The van der Waals surface area contributed by atoms with Crippen molar-refractivity contribution in [3.63, 3.8) is 0 Å². The summed E-state index contributed by atoms with van der Waals surface area (Å²) in [6, 6.07) is 0. The van der Waals surface area contributed by atoms with Crippen LogP contribution in [0.25, 0.3) is 0 Å². The Bertz CT molecular complexity index is 513. The van der Waals surface area contributed by atoms with E-state index in [1.54, 1.807) is 20.8 Å². The second-order valence-electron chi connectivity index (χ2n) is 5.04. The maximum atomic E-state index is 11.9. The summed E-state index contributed by atoms with van der Waals surface area (Å²) in [7, 11) is 0. The number of H-pyrrole nitrogens is 1. The Kier molecular flexibility index (Phi) is 3.75. The van der Waals surface area contributed by atoms with Crippen molar-refractivity contribution in [3.05, 3.63) is 21.0 Å². The number of nitrogens with zero attached hydrogens (tertiary/aromatic N) is 2. The molecule has 1 aromatic rings. The van der Waals surface area contributed by atoms with E-state index in [2.05, 4.69) is 5.10 Å². The second-order valence-corrected chi connectivity index (χ2v) is 5.04. The third-order valence-electron chi connectivity index (χ3n) is 2.46. The first kappa shape index (κ1) is 13.5. The van der Waals surface area contributed by atoms with Crippen molar-refractivity contribution in [2.75, 3.05) is 0 Å². The minimum atomic E-state index is -0.638. The van der Waals surface area contributed by atoms with Crippen molar-refractivity contribution >= 4 is 5.91 Å². The first-order chi connectivity index (χ1) is 7.79. The molecule has 17 heavy (non-hydrogen) atoms. The quantitative estimate of drug-likeness (QED) is 0.855. The summed E-state index contributed by atoms with van der Waals surface area (Å²) in [5.74, 6) is -0.364. The molecule has 0 unspecified atom stereocenters. The van der Waals surface area contributed by atoms with Crippen molar-refractivity contribution in [1.29, 1.82) is 0 Å². The van der Waals surface area contributed by atoms with Crippen LogP contribution in [0, 0.1) is 0 Å². The number of hydrogen-bond acceptors (Lipinski definition) is 3. The number of aromatic amines is 1. The summed E-state index contributed by atoms with van der Waals surface area (Å²) < 4.78 is 1.86. The summed E-state index contributed by atoms with van der Waals surface area (Å²) in [5, 5.41) is 2.29. The summed E-state index contributed by atoms with van der Waals surface area (Å²) in [4.78, 5) is 35.2. The van der Waals surface area contributed by atoms with Crippen LogP contribution >= 0.6 is 0 Å². The molecule has 0 saturated carbocycles. The molecule has 1 aromatic heterocycles. The zero-order chi connectivity index (χ0) is 13.2. The molecule has 0 aliphatic rings. The van der Waals surface area contributed by atoms with E-state index in [4.69, 9.17) is 0 Å². The Hall–Kier alpha value is -1.59. The third-order valence-corrected chi connectivity index (χ3v) is 2.46. The number of carbonyl (C=O) groups excluding carboxylic acids is 1. The van der Waals surface area contributed by atoms with Crippen molar-refractivity contribution in [2.24, 2.45) is 0 Å². The molecule has 96 valence electrons. The lowest BCUT2D eigenvalue weighted by atomic mass is 10.1. The van der Waals surface area contributed by atoms with Gasteiger partial charge >= 0.3 is 11.4 Å². The maximum Gasteiger partial charge on any atom is 0.354 e. The molecule has 1 heterocycles. The number of carbonyl (C=O) groups is 1. The molecule has 0 radical (unpaired) electrons. The van der Waals surface area contributed by atoms with Gasteiger partial charge in [-0.15, -0.1) is 0 Å². The van der Waals surface area contributed by atoms with Crippen LogP contribution in [0.4, 0.5) is 0 Å². The van der Waals surface area contributed by atoms with Gasteiger partial charge in [-0.25, -0.2) is 19.3 Å². The minimum absolute atomic E-state index is 0.264. The van der Waals surface area contributed by atoms with Crippen LogP contribution in [-0.4, -0.2) is 20.3 Å². The van der Waals surface area contributed by atoms with Gasteiger partial charge in [0.05, 0.1) is 0 Å². The Labute approximate surface area is 99.2 Å². The van der Waals surface area contributed by atoms with E-state index in [1.165, 1.54) is 0 Å². The van der Waals surface area contributed by atoms with Gasteiger partial charge in [0.15, 0.2) is 0 Å². The summed E-state index contributed by atoms with van der Waals surface area (Å²) in [5.41, 5.74) is -1.78. The molecule has 0 bridgehead atoms. The highest BCUT2D eigenvalue weighted by Crippen LogP contribution is 2.06. The van der Waals surface area contributed by atoms with Crippen molar-refractivity contribution < 1.29 is 4.79 Å². The molecule has 0 atom stereocenters. The number of nitrogens with one attached hydrogen (secondary N) is 1. The number of rotatable bonds is 3. The topological polar surface area (TPSA) is 76.9 Å². The van der Waals surface area contributed by atoms with E-state index in [1.807, 2.05) is 6.92 Å². The van der Waals surface area contributed by atoms with Gasteiger partial charge in [-0.05, 0) is 27.2 Å². The molecule has 6 heteroatoms. The number of hydrogen-bond donors (Lipinski definition) is 1. The molecule has 0 aliphatic heterocycles. The lowest BCUT2D eigenvalue weighted by molar-refractivity contribution is 0.0877. The summed E-state index contributed by atoms with van der Waals surface area (Å²) in [6.45, 7) is 7.18. The van der Waals surface area contributed by atoms with E-state index in [-0.39, 0.29) is 12.3 Å². The first-order valence-electron chi connectivity index (χ1n) is 5.76. The molecule has 0 aromatic carbocycles. The van der Waals surface area contributed by atoms with Gasteiger partial charge < -0.3 is 0 Å². The van der Waals surface area contributed by atoms with Crippen LogP contribution < -0.4 is 11.4 Å². The zero-order valence-electron chi connectivity index (χ0n) is 10.7. The van der Waals surface area contributed by atoms with Crippen LogP contribution in [0.1, 0.15) is 51.8 Å². The van der Waals surface area contributed by atoms with E-state index < -0.39 is 16.9 Å². The van der Waals surface area contributed by atoms with Gasteiger partial charge in [0.1, 0.15) is 0 Å². The molecule has 0 amide bonds. The van der Waals surface area contributed by atoms with E-state index in [0.717, 1.165) is 15.7 Å². The fourth-order valence-electron chi connectivity index (χ4n) is 1.58. The van der Waals surface area contributed by atoms with Gasteiger partial charge in [0, 0.05) is 12.0 Å². The standard InChI is InChI=1S/C11H19N3O3/c1-5-6-7-8(15)14-10(17)13(9(16)12-14)11(2,3)4/h5-7H2,1-4H3,(H,12,16). The zero-order valence-corrected chi connectivity index (χ0v) is 10.7. The first-order valence-corrected chi connectivity index (χ1v) is 5.76. The molecule has 0 saturated heterocycles. The van der Waals surface area contributed by atoms with E-state index >= 15 is 0 Å². The van der Waals surface area contributed by atoms with Gasteiger partial charge in [-0.3, -0.25) is 4.79 Å². The fraction of sp³-hybridized carbons (Fsp3) is 0.727. The molecule has 0 spiro atoms. The Morgan fingerprint density at radius 1 is 1.29 bits per heavy atom. The molecule has 6 nitrogen and oxygen atoms in total.